The summed E-state index contributed by atoms with van der Waals surface area (Å²) in [6.07, 6.45) is 6.18. The second kappa shape index (κ2) is 7.05. The van der Waals surface area contributed by atoms with Crippen LogP contribution in [-0.2, 0) is 22.6 Å². The molecule has 2 saturated heterocycles. The van der Waals surface area contributed by atoms with Crippen molar-refractivity contribution >= 4 is 0 Å². The highest BCUT2D eigenvalue weighted by Crippen LogP contribution is 2.32. The van der Waals surface area contributed by atoms with Crippen molar-refractivity contribution < 1.29 is 13.9 Å². The highest BCUT2D eigenvalue weighted by molar-refractivity contribution is 5.09. The van der Waals surface area contributed by atoms with Crippen LogP contribution in [0.1, 0.15) is 29.9 Å². The first-order valence-electron chi connectivity index (χ1n) is 8.71. The van der Waals surface area contributed by atoms with Crippen LogP contribution in [0.2, 0.25) is 0 Å². The average molecular weight is 328 g/mol. The lowest BCUT2D eigenvalue weighted by Gasteiger charge is -2.32. The highest BCUT2D eigenvalue weighted by Gasteiger charge is 2.44. The Morgan fingerprint density at radius 2 is 2.29 bits per heavy atom. The van der Waals surface area contributed by atoms with Crippen LogP contribution in [0.25, 0.3) is 0 Å². The van der Waals surface area contributed by atoms with E-state index in [2.05, 4.69) is 16.0 Å². The van der Waals surface area contributed by atoms with Gasteiger partial charge >= 0.3 is 0 Å². The summed E-state index contributed by atoms with van der Waals surface area (Å²) < 4.78 is 18.0. The fourth-order valence-electron chi connectivity index (χ4n) is 3.79. The Morgan fingerprint density at radius 1 is 1.33 bits per heavy atom. The molecule has 2 aromatic heterocycles. The minimum Gasteiger partial charge on any atom is -0.465 e. The molecule has 4 heterocycles. The lowest BCUT2D eigenvalue weighted by molar-refractivity contribution is -0.0820. The Kier molecular flexibility index (Phi) is 4.65. The molecule has 0 spiro atoms. The summed E-state index contributed by atoms with van der Waals surface area (Å²) in [5.74, 6) is 1.98. The highest BCUT2D eigenvalue weighted by atomic mass is 16.5. The summed E-state index contributed by atoms with van der Waals surface area (Å²) in [5, 5.41) is 0. The zero-order valence-corrected chi connectivity index (χ0v) is 14.1. The van der Waals surface area contributed by atoms with Crippen molar-refractivity contribution in [3.63, 3.8) is 0 Å². The number of hydrogen-bond donors (Lipinski definition) is 0. The molecule has 0 bridgehead atoms. The number of furan rings is 1. The number of hydrogen-bond acceptors (Lipinski definition) is 5. The number of rotatable bonds is 5. The summed E-state index contributed by atoms with van der Waals surface area (Å²) in [5.41, 5.74) is 1.10. The van der Waals surface area contributed by atoms with Crippen molar-refractivity contribution in [1.29, 1.82) is 0 Å². The molecular formula is C19H24N2O3. The molecule has 3 atom stereocenters. The van der Waals surface area contributed by atoms with Gasteiger partial charge in [0.15, 0.2) is 0 Å². The molecule has 4 rings (SSSR count). The van der Waals surface area contributed by atoms with Crippen LogP contribution in [0, 0.1) is 6.92 Å². The molecule has 0 saturated carbocycles. The number of nitrogens with zero attached hydrogens (tertiary/aromatic N) is 2. The number of aromatic nitrogens is 1. The third kappa shape index (κ3) is 3.38. The van der Waals surface area contributed by atoms with Gasteiger partial charge in [-0.1, -0.05) is 6.07 Å². The molecule has 0 unspecified atom stereocenters. The van der Waals surface area contributed by atoms with Gasteiger partial charge in [0.2, 0.25) is 0 Å². The van der Waals surface area contributed by atoms with Crippen LogP contribution >= 0.6 is 0 Å². The van der Waals surface area contributed by atoms with E-state index in [1.807, 2.05) is 31.3 Å². The first-order valence-corrected chi connectivity index (χ1v) is 8.71. The third-order valence-electron chi connectivity index (χ3n) is 4.93. The molecule has 5 heteroatoms. The van der Waals surface area contributed by atoms with E-state index in [0.717, 1.165) is 49.6 Å². The third-order valence-corrected chi connectivity index (χ3v) is 4.93. The Bertz CT molecular complexity index is 658. The number of likely N-dealkylation sites (tertiary alicyclic amines) is 1. The number of aryl methyl sites for hydroxylation is 1. The van der Waals surface area contributed by atoms with Gasteiger partial charge in [-0.15, -0.1) is 0 Å². The monoisotopic (exact) mass is 328 g/mol. The van der Waals surface area contributed by atoms with Gasteiger partial charge < -0.3 is 13.9 Å². The molecule has 2 aliphatic heterocycles. The Labute approximate surface area is 142 Å². The maximum Gasteiger partial charge on any atom is 0.118 e. The first kappa shape index (κ1) is 15.8. The topological polar surface area (TPSA) is 47.7 Å². The lowest BCUT2D eigenvalue weighted by Crippen LogP contribution is -2.41. The zero-order chi connectivity index (χ0) is 16.4. The predicted molar refractivity (Wildman–Crippen MR) is 89.4 cm³/mol. The first-order chi connectivity index (χ1) is 11.8. The zero-order valence-electron chi connectivity index (χ0n) is 14.1. The molecule has 5 nitrogen and oxygen atoms in total. The summed E-state index contributed by atoms with van der Waals surface area (Å²) >= 11 is 0. The maximum atomic E-state index is 6.19. The molecule has 0 aromatic carbocycles. The van der Waals surface area contributed by atoms with Gasteiger partial charge in [-0.3, -0.25) is 9.88 Å². The minimum absolute atomic E-state index is 0.103. The molecule has 2 aliphatic rings. The van der Waals surface area contributed by atoms with Gasteiger partial charge in [-0.05, 0) is 43.5 Å². The van der Waals surface area contributed by atoms with Crippen LogP contribution in [-0.4, -0.2) is 41.3 Å². The van der Waals surface area contributed by atoms with E-state index in [-0.39, 0.29) is 12.2 Å². The number of pyridine rings is 1. The Morgan fingerprint density at radius 3 is 3.08 bits per heavy atom. The fraction of sp³-hybridized carbons (Fsp3) is 0.526. The van der Waals surface area contributed by atoms with Crippen molar-refractivity contribution in [3.05, 3.63) is 53.7 Å². The van der Waals surface area contributed by atoms with Crippen LogP contribution in [0.3, 0.4) is 0 Å². The van der Waals surface area contributed by atoms with Crippen molar-refractivity contribution in [2.45, 2.75) is 51.2 Å². The molecule has 0 aliphatic carbocycles. The van der Waals surface area contributed by atoms with Gasteiger partial charge in [-0.25, -0.2) is 0 Å². The van der Waals surface area contributed by atoms with Crippen molar-refractivity contribution in [2.75, 3.05) is 13.2 Å². The van der Waals surface area contributed by atoms with E-state index >= 15 is 0 Å². The molecule has 128 valence electrons. The van der Waals surface area contributed by atoms with Gasteiger partial charge in [-0.2, -0.15) is 0 Å². The van der Waals surface area contributed by atoms with Gasteiger partial charge in [0, 0.05) is 31.6 Å². The second-order valence-electron chi connectivity index (χ2n) is 6.70. The van der Waals surface area contributed by atoms with Crippen molar-refractivity contribution in [1.82, 2.24) is 9.88 Å². The van der Waals surface area contributed by atoms with Crippen LogP contribution in [0.15, 0.2) is 41.1 Å². The van der Waals surface area contributed by atoms with Crippen LogP contribution in [0.4, 0.5) is 0 Å². The van der Waals surface area contributed by atoms with Gasteiger partial charge in [0.1, 0.15) is 17.6 Å². The lowest BCUT2D eigenvalue weighted by atomic mass is 10.0. The summed E-state index contributed by atoms with van der Waals surface area (Å²) in [7, 11) is 0. The van der Waals surface area contributed by atoms with E-state index in [4.69, 9.17) is 13.9 Å². The quantitative estimate of drug-likeness (QED) is 0.844. The minimum atomic E-state index is 0.103. The molecule has 2 fully saturated rings. The molecular weight excluding hydrogens is 304 g/mol. The van der Waals surface area contributed by atoms with E-state index in [1.54, 1.807) is 6.20 Å². The normalized spacial score (nSPS) is 27.3. The largest absolute Gasteiger partial charge is 0.465 e. The van der Waals surface area contributed by atoms with Crippen LogP contribution in [0.5, 0.6) is 0 Å². The standard InChI is InChI=1S/C19H24N2O3/c1-14-6-7-16(24-14)11-21-12-18(19-17(21)5-3-9-22-19)23-13-15-4-2-8-20-10-15/h2,4,6-8,10,17-19H,3,5,9,11-13H2,1H3/t17-,18+,19+/m0/s1. The smallest absolute Gasteiger partial charge is 0.118 e. The molecule has 0 amide bonds. The average Bonchev–Trinajstić information content (AvgIpc) is 3.18. The van der Waals surface area contributed by atoms with Crippen LogP contribution < -0.4 is 0 Å². The van der Waals surface area contributed by atoms with Gasteiger partial charge in [0.25, 0.3) is 0 Å². The van der Waals surface area contributed by atoms with E-state index in [0.29, 0.717) is 12.6 Å². The molecule has 0 radical (unpaired) electrons. The molecule has 2 aromatic rings. The Hall–Kier alpha value is -1.69. The van der Waals surface area contributed by atoms with E-state index in [1.165, 1.54) is 0 Å². The second-order valence-corrected chi connectivity index (χ2v) is 6.70. The van der Waals surface area contributed by atoms with E-state index in [9.17, 15) is 0 Å². The predicted octanol–water partition coefficient (Wildman–Crippen LogP) is 2.93. The van der Waals surface area contributed by atoms with Crippen molar-refractivity contribution in [3.8, 4) is 0 Å². The Balaban J connectivity index is 1.42. The molecule has 0 N–H and O–H groups in total. The van der Waals surface area contributed by atoms with Gasteiger partial charge in [0.05, 0.1) is 19.3 Å². The fourth-order valence-corrected chi connectivity index (χ4v) is 3.79. The SMILES string of the molecule is Cc1ccc(CN2C[C@@H](OCc3cccnc3)[C@@H]3OCCC[C@@H]32)o1. The van der Waals surface area contributed by atoms with E-state index < -0.39 is 0 Å². The maximum absolute atomic E-state index is 6.19. The number of fused-ring (bicyclic) bond motifs is 1. The number of ether oxygens (including phenoxy) is 2. The summed E-state index contributed by atoms with van der Waals surface area (Å²) in [6.45, 7) is 5.11. The molecule has 24 heavy (non-hydrogen) atoms. The van der Waals surface area contributed by atoms with Crippen molar-refractivity contribution in [2.24, 2.45) is 0 Å². The summed E-state index contributed by atoms with van der Waals surface area (Å²) in [4.78, 5) is 6.60. The summed E-state index contributed by atoms with van der Waals surface area (Å²) in [6, 6.07) is 8.50.